The number of halogens is 3. The monoisotopic (exact) mass is 361 g/mol. The Kier molecular flexibility index (Phi) is 6.39. The fraction of sp³-hybridized carbons (Fsp3) is 0.158. The smallest absolute Gasteiger partial charge is 0.387 e. The Labute approximate surface area is 148 Å². The first-order valence-electron chi connectivity index (χ1n) is 7.59. The molecule has 2 aromatic carbocycles. The summed E-state index contributed by atoms with van der Waals surface area (Å²) in [4.78, 5) is 12.3. The number of carbonyl (C=O) groups is 1. The molecule has 2 rings (SSSR count). The average Bonchev–Trinajstić information content (AvgIpc) is 2.61. The van der Waals surface area contributed by atoms with Gasteiger partial charge in [0.25, 0.3) is 0 Å². The van der Waals surface area contributed by atoms with Crippen molar-refractivity contribution in [1.29, 1.82) is 5.26 Å². The molecule has 0 aliphatic heterocycles. The molecule has 0 radical (unpaired) electrons. The molecule has 0 aliphatic carbocycles. The first-order chi connectivity index (χ1) is 12.5. The summed E-state index contributed by atoms with van der Waals surface area (Å²) >= 11 is 0. The Bertz CT molecular complexity index is 873. The molecule has 0 aliphatic rings. The van der Waals surface area contributed by atoms with E-state index in [0.29, 0.717) is 5.56 Å². The van der Waals surface area contributed by atoms with Crippen LogP contribution in [0, 0.1) is 17.1 Å². The van der Waals surface area contributed by atoms with Crippen molar-refractivity contribution >= 4 is 11.9 Å². The van der Waals surface area contributed by atoms with Crippen molar-refractivity contribution < 1.29 is 27.4 Å². The van der Waals surface area contributed by atoms with Gasteiger partial charge in [0.1, 0.15) is 17.5 Å². The minimum atomic E-state index is -3.02. The predicted molar refractivity (Wildman–Crippen MR) is 88.6 cm³/mol. The van der Waals surface area contributed by atoms with E-state index in [-0.39, 0.29) is 29.2 Å². The standard InChI is InChI=1S/C19H14F3NO3/c1-2-25-17-10-12(7-8-16(17)26-19(21)22)9-13(11-23)18(24)14-5-3-4-6-15(14)20/h3-10,19H,2H2,1H3/b13-9+. The maximum Gasteiger partial charge on any atom is 0.387 e. The zero-order valence-electron chi connectivity index (χ0n) is 13.7. The van der Waals surface area contributed by atoms with Gasteiger partial charge in [0.2, 0.25) is 5.78 Å². The van der Waals surface area contributed by atoms with Crippen molar-refractivity contribution in [3.8, 4) is 17.6 Å². The summed E-state index contributed by atoms with van der Waals surface area (Å²) in [6, 6.07) is 11.0. The van der Waals surface area contributed by atoms with Crippen LogP contribution in [0.2, 0.25) is 0 Å². The van der Waals surface area contributed by atoms with Crippen molar-refractivity contribution in [1.82, 2.24) is 0 Å². The van der Waals surface area contributed by atoms with Gasteiger partial charge < -0.3 is 9.47 Å². The number of allylic oxidation sites excluding steroid dienone is 1. The molecule has 0 saturated carbocycles. The molecule has 0 spiro atoms. The quantitative estimate of drug-likeness (QED) is 0.410. The van der Waals surface area contributed by atoms with Crippen molar-refractivity contribution in [2.24, 2.45) is 0 Å². The Hall–Kier alpha value is -3.27. The van der Waals surface area contributed by atoms with Gasteiger partial charge in [-0.2, -0.15) is 14.0 Å². The lowest BCUT2D eigenvalue weighted by Crippen LogP contribution is -2.05. The molecular formula is C19H14F3NO3. The normalized spacial score (nSPS) is 11.2. The molecule has 0 amide bonds. The second-order valence-corrected chi connectivity index (χ2v) is 5.00. The molecule has 7 heteroatoms. The Morgan fingerprint density at radius 3 is 2.58 bits per heavy atom. The number of hydrogen-bond acceptors (Lipinski definition) is 4. The lowest BCUT2D eigenvalue weighted by molar-refractivity contribution is -0.0514. The van der Waals surface area contributed by atoms with Crippen LogP contribution in [0.5, 0.6) is 11.5 Å². The molecular weight excluding hydrogens is 347 g/mol. The average molecular weight is 361 g/mol. The molecule has 26 heavy (non-hydrogen) atoms. The molecule has 0 heterocycles. The zero-order valence-corrected chi connectivity index (χ0v) is 13.7. The van der Waals surface area contributed by atoms with Crippen molar-refractivity contribution in [2.75, 3.05) is 6.61 Å². The van der Waals surface area contributed by atoms with E-state index in [1.807, 2.05) is 0 Å². The lowest BCUT2D eigenvalue weighted by atomic mass is 10.0. The second-order valence-electron chi connectivity index (χ2n) is 5.00. The topological polar surface area (TPSA) is 59.3 Å². The Morgan fingerprint density at radius 2 is 1.96 bits per heavy atom. The van der Waals surface area contributed by atoms with E-state index >= 15 is 0 Å². The van der Waals surface area contributed by atoms with Crippen molar-refractivity contribution in [3.05, 3.63) is 65.0 Å². The van der Waals surface area contributed by atoms with E-state index in [1.54, 1.807) is 13.0 Å². The zero-order chi connectivity index (χ0) is 19.1. The molecule has 0 aromatic heterocycles. The van der Waals surface area contributed by atoms with Crippen LogP contribution in [0.25, 0.3) is 6.08 Å². The number of rotatable bonds is 7. The first-order valence-corrected chi connectivity index (χ1v) is 7.59. The number of Topliss-reactive ketones (excluding diaryl/α,β-unsaturated/α-hetero) is 1. The fourth-order valence-corrected chi connectivity index (χ4v) is 2.18. The van der Waals surface area contributed by atoms with Crippen LogP contribution in [0.3, 0.4) is 0 Å². The summed E-state index contributed by atoms with van der Waals surface area (Å²) in [5, 5.41) is 9.24. The predicted octanol–water partition coefficient (Wildman–Crippen LogP) is 4.62. The number of ketones is 1. The number of nitriles is 1. The Morgan fingerprint density at radius 1 is 1.23 bits per heavy atom. The second kappa shape index (κ2) is 8.72. The highest BCUT2D eigenvalue weighted by Gasteiger charge is 2.17. The lowest BCUT2D eigenvalue weighted by Gasteiger charge is -2.11. The van der Waals surface area contributed by atoms with Crippen molar-refractivity contribution in [3.63, 3.8) is 0 Å². The molecule has 0 atom stereocenters. The minimum absolute atomic E-state index is 0.0391. The molecule has 0 saturated heterocycles. The summed E-state index contributed by atoms with van der Waals surface area (Å²) in [5.41, 5.74) is -0.195. The van der Waals surface area contributed by atoms with E-state index in [2.05, 4.69) is 4.74 Å². The highest BCUT2D eigenvalue weighted by molar-refractivity contribution is 6.14. The summed E-state index contributed by atoms with van der Waals surface area (Å²) in [7, 11) is 0. The molecule has 0 unspecified atom stereocenters. The number of ether oxygens (including phenoxy) is 2. The number of benzene rings is 2. The van der Waals surface area contributed by atoms with Gasteiger partial charge >= 0.3 is 6.61 Å². The van der Waals surface area contributed by atoms with Gasteiger partial charge in [-0.15, -0.1) is 0 Å². The third kappa shape index (κ3) is 4.63. The van der Waals surface area contributed by atoms with Gasteiger partial charge in [0.15, 0.2) is 11.5 Å². The SMILES string of the molecule is CCOc1cc(/C=C(\C#N)C(=O)c2ccccc2F)ccc1OC(F)F. The summed E-state index contributed by atoms with van der Waals surface area (Å²) in [6.07, 6.45) is 1.23. The third-order valence-electron chi connectivity index (χ3n) is 3.28. The Balaban J connectivity index is 2.39. The van der Waals surface area contributed by atoms with Gasteiger partial charge in [0.05, 0.1) is 12.2 Å². The number of alkyl halides is 2. The van der Waals surface area contributed by atoms with Gasteiger partial charge in [-0.3, -0.25) is 4.79 Å². The summed E-state index contributed by atoms with van der Waals surface area (Å²) in [5.74, 6) is -1.65. The van der Waals surface area contributed by atoms with Crippen LogP contribution >= 0.6 is 0 Å². The maximum absolute atomic E-state index is 13.7. The minimum Gasteiger partial charge on any atom is -0.490 e. The van der Waals surface area contributed by atoms with Crippen LogP contribution < -0.4 is 9.47 Å². The number of nitrogens with zero attached hydrogens (tertiary/aromatic N) is 1. The molecule has 0 fully saturated rings. The third-order valence-corrected chi connectivity index (χ3v) is 3.28. The molecule has 0 bridgehead atoms. The fourth-order valence-electron chi connectivity index (χ4n) is 2.18. The van der Waals surface area contributed by atoms with Crippen LogP contribution in [0.4, 0.5) is 13.2 Å². The summed E-state index contributed by atoms with van der Waals surface area (Å²) in [6.45, 7) is -1.16. The van der Waals surface area contributed by atoms with E-state index in [0.717, 1.165) is 6.07 Å². The van der Waals surface area contributed by atoms with Crippen LogP contribution in [-0.4, -0.2) is 19.0 Å². The van der Waals surface area contributed by atoms with Crippen LogP contribution in [0.1, 0.15) is 22.8 Å². The highest BCUT2D eigenvalue weighted by atomic mass is 19.3. The van der Waals surface area contributed by atoms with Gasteiger partial charge in [-0.1, -0.05) is 18.2 Å². The van der Waals surface area contributed by atoms with Crippen LogP contribution in [-0.2, 0) is 0 Å². The van der Waals surface area contributed by atoms with E-state index in [4.69, 9.17) is 4.74 Å². The number of hydrogen-bond donors (Lipinski definition) is 0. The highest BCUT2D eigenvalue weighted by Crippen LogP contribution is 2.31. The maximum atomic E-state index is 13.7. The molecule has 0 N–H and O–H groups in total. The number of carbonyl (C=O) groups excluding carboxylic acids is 1. The van der Waals surface area contributed by atoms with Gasteiger partial charge in [-0.05, 0) is 42.8 Å². The van der Waals surface area contributed by atoms with Crippen molar-refractivity contribution in [2.45, 2.75) is 13.5 Å². The van der Waals surface area contributed by atoms with Crippen LogP contribution in [0.15, 0.2) is 48.0 Å². The van der Waals surface area contributed by atoms with Gasteiger partial charge in [-0.25, -0.2) is 4.39 Å². The first kappa shape index (κ1) is 19.1. The van der Waals surface area contributed by atoms with E-state index in [9.17, 15) is 23.2 Å². The molecule has 4 nitrogen and oxygen atoms in total. The van der Waals surface area contributed by atoms with E-state index in [1.165, 1.54) is 42.5 Å². The largest absolute Gasteiger partial charge is 0.490 e. The van der Waals surface area contributed by atoms with E-state index < -0.39 is 18.2 Å². The van der Waals surface area contributed by atoms with Gasteiger partial charge in [0, 0.05) is 0 Å². The molecule has 134 valence electrons. The summed E-state index contributed by atoms with van der Waals surface area (Å²) < 4.78 is 48.2. The molecule has 2 aromatic rings.